The fourth-order valence-electron chi connectivity index (χ4n) is 2.92. The molecule has 21 heavy (non-hydrogen) atoms. The van der Waals surface area contributed by atoms with Crippen LogP contribution in [0.2, 0.25) is 0 Å². The summed E-state index contributed by atoms with van der Waals surface area (Å²) in [5.41, 5.74) is 2.57. The van der Waals surface area contributed by atoms with Crippen molar-refractivity contribution >= 4 is 22.6 Å². The molecular formula is C16H12ClFN2O. The number of nitrogens with zero attached hydrogens (tertiary/aromatic N) is 2. The van der Waals surface area contributed by atoms with Gasteiger partial charge in [-0.15, -0.1) is 11.6 Å². The van der Waals surface area contributed by atoms with E-state index in [4.69, 9.17) is 16.3 Å². The van der Waals surface area contributed by atoms with E-state index in [1.54, 1.807) is 6.07 Å². The van der Waals surface area contributed by atoms with Gasteiger partial charge in [-0.05, 0) is 24.3 Å². The van der Waals surface area contributed by atoms with Crippen LogP contribution in [0.15, 0.2) is 42.5 Å². The number of fused-ring (bicyclic) bond motifs is 2. The highest BCUT2D eigenvalue weighted by molar-refractivity contribution is 6.16. The van der Waals surface area contributed by atoms with Crippen molar-refractivity contribution in [2.24, 2.45) is 0 Å². The van der Waals surface area contributed by atoms with Gasteiger partial charge in [0.05, 0.1) is 23.0 Å². The number of benzene rings is 2. The Balaban J connectivity index is 1.96. The van der Waals surface area contributed by atoms with Crippen LogP contribution < -0.4 is 4.74 Å². The van der Waals surface area contributed by atoms with Gasteiger partial charge < -0.3 is 9.30 Å². The molecule has 0 bridgehead atoms. The molecule has 0 saturated heterocycles. The highest BCUT2D eigenvalue weighted by Crippen LogP contribution is 2.37. The van der Waals surface area contributed by atoms with Crippen molar-refractivity contribution in [1.29, 1.82) is 0 Å². The van der Waals surface area contributed by atoms with Crippen molar-refractivity contribution in [2.75, 3.05) is 6.61 Å². The Bertz CT molecular complexity index is 830. The van der Waals surface area contributed by atoms with Crippen LogP contribution in [0, 0.1) is 5.82 Å². The lowest BCUT2D eigenvalue weighted by molar-refractivity contribution is 0.317. The summed E-state index contributed by atoms with van der Waals surface area (Å²) < 4.78 is 21.3. The zero-order valence-corrected chi connectivity index (χ0v) is 11.8. The third-order valence-electron chi connectivity index (χ3n) is 3.83. The maximum absolute atomic E-state index is 13.6. The second-order valence-electron chi connectivity index (χ2n) is 5.03. The van der Waals surface area contributed by atoms with Gasteiger partial charge in [0.15, 0.2) is 0 Å². The predicted molar refractivity (Wildman–Crippen MR) is 79.3 cm³/mol. The molecule has 0 amide bonds. The Kier molecular flexibility index (Phi) is 2.86. The monoisotopic (exact) mass is 302 g/mol. The van der Waals surface area contributed by atoms with E-state index in [1.807, 2.05) is 28.8 Å². The van der Waals surface area contributed by atoms with E-state index >= 15 is 0 Å². The molecule has 2 heterocycles. The van der Waals surface area contributed by atoms with Crippen LogP contribution in [0.25, 0.3) is 11.0 Å². The van der Waals surface area contributed by atoms with Crippen LogP contribution in [0.1, 0.15) is 17.4 Å². The molecule has 1 aromatic heterocycles. The highest BCUT2D eigenvalue weighted by atomic mass is 35.5. The van der Waals surface area contributed by atoms with Crippen molar-refractivity contribution < 1.29 is 9.13 Å². The number of hydrogen-bond donors (Lipinski definition) is 0. The molecule has 4 rings (SSSR count). The molecular weight excluding hydrogens is 291 g/mol. The van der Waals surface area contributed by atoms with Crippen LogP contribution in [-0.2, 0) is 5.88 Å². The molecule has 3 aromatic rings. The van der Waals surface area contributed by atoms with E-state index in [1.165, 1.54) is 12.1 Å². The largest absolute Gasteiger partial charge is 0.491 e. The lowest BCUT2D eigenvalue weighted by Gasteiger charge is -2.15. The Morgan fingerprint density at radius 2 is 2.14 bits per heavy atom. The molecule has 0 N–H and O–H groups in total. The molecule has 1 atom stereocenters. The third-order valence-corrected chi connectivity index (χ3v) is 4.07. The van der Waals surface area contributed by atoms with Gasteiger partial charge in [0.25, 0.3) is 0 Å². The number of halogens is 2. The van der Waals surface area contributed by atoms with Crippen LogP contribution in [0.5, 0.6) is 5.75 Å². The van der Waals surface area contributed by atoms with Gasteiger partial charge in [-0.3, -0.25) is 0 Å². The highest BCUT2D eigenvalue weighted by Gasteiger charge is 2.28. The first-order valence-corrected chi connectivity index (χ1v) is 7.25. The van der Waals surface area contributed by atoms with Gasteiger partial charge in [0.1, 0.15) is 24.0 Å². The molecule has 0 spiro atoms. The lowest BCUT2D eigenvalue weighted by atomic mass is 10.1. The van der Waals surface area contributed by atoms with Gasteiger partial charge in [-0.2, -0.15) is 0 Å². The number of ether oxygens (including phenoxy) is 1. The first-order chi connectivity index (χ1) is 10.3. The standard InChI is InChI=1S/C16H12ClFN2O/c17-8-16-19-12-6-5-10(18)7-13(12)20(16)14-9-21-15-4-2-1-3-11(14)15/h1-7,14H,8-9H2. The van der Waals surface area contributed by atoms with Crippen molar-refractivity contribution in [3.63, 3.8) is 0 Å². The Labute approximate surface area is 125 Å². The Morgan fingerprint density at radius 1 is 1.29 bits per heavy atom. The maximum Gasteiger partial charge on any atom is 0.125 e. The molecule has 0 fully saturated rings. The number of rotatable bonds is 2. The van der Waals surface area contributed by atoms with Gasteiger partial charge in [-0.25, -0.2) is 9.37 Å². The summed E-state index contributed by atoms with van der Waals surface area (Å²) in [6, 6.07) is 12.4. The minimum atomic E-state index is -0.281. The molecule has 106 valence electrons. The van der Waals surface area contributed by atoms with E-state index < -0.39 is 0 Å². The van der Waals surface area contributed by atoms with Crippen molar-refractivity contribution in [2.45, 2.75) is 11.9 Å². The topological polar surface area (TPSA) is 27.1 Å². The number of imidazole rings is 1. The maximum atomic E-state index is 13.6. The second kappa shape index (κ2) is 4.74. The average Bonchev–Trinajstić information content (AvgIpc) is 3.07. The Morgan fingerprint density at radius 3 is 3.00 bits per heavy atom. The summed E-state index contributed by atoms with van der Waals surface area (Å²) in [5, 5.41) is 0. The first-order valence-electron chi connectivity index (χ1n) is 6.72. The molecule has 1 aliphatic rings. The van der Waals surface area contributed by atoms with Crippen LogP contribution in [0.4, 0.5) is 4.39 Å². The smallest absolute Gasteiger partial charge is 0.125 e. The van der Waals surface area contributed by atoms with Crippen molar-refractivity contribution in [1.82, 2.24) is 9.55 Å². The number of hydrogen-bond acceptors (Lipinski definition) is 2. The van der Waals surface area contributed by atoms with Gasteiger partial charge in [0.2, 0.25) is 0 Å². The quantitative estimate of drug-likeness (QED) is 0.671. The molecule has 2 aromatic carbocycles. The lowest BCUT2D eigenvalue weighted by Crippen LogP contribution is -2.14. The van der Waals surface area contributed by atoms with Crippen molar-refractivity contribution in [3.8, 4) is 5.75 Å². The summed E-state index contributed by atoms with van der Waals surface area (Å²) in [7, 11) is 0. The number of para-hydroxylation sites is 1. The minimum absolute atomic E-state index is 0.0262. The molecule has 0 aliphatic carbocycles. The van der Waals surface area contributed by atoms with Crippen LogP contribution in [-0.4, -0.2) is 16.2 Å². The van der Waals surface area contributed by atoms with Crippen molar-refractivity contribution in [3.05, 3.63) is 59.7 Å². The zero-order chi connectivity index (χ0) is 14.4. The number of alkyl halides is 1. The van der Waals surface area contributed by atoms with E-state index in [9.17, 15) is 4.39 Å². The number of aromatic nitrogens is 2. The second-order valence-corrected chi connectivity index (χ2v) is 5.30. The first kappa shape index (κ1) is 12.7. The van der Waals surface area contributed by atoms with Gasteiger partial charge >= 0.3 is 0 Å². The van der Waals surface area contributed by atoms with E-state index in [-0.39, 0.29) is 17.7 Å². The van der Waals surface area contributed by atoms with Gasteiger partial charge in [-0.1, -0.05) is 18.2 Å². The molecule has 1 unspecified atom stereocenters. The van der Waals surface area contributed by atoms with E-state index in [0.717, 1.165) is 28.2 Å². The molecule has 1 aliphatic heterocycles. The fourth-order valence-corrected chi connectivity index (χ4v) is 3.11. The van der Waals surface area contributed by atoms with Crippen LogP contribution in [0.3, 0.4) is 0 Å². The molecule has 0 radical (unpaired) electrons. The van der Waals surface area contributed by atoms with Crippen LogP contribution >= 0.6 is 11.6 Å². The summed E-state index contributed by atoms with van der Waals surface area (Å²) in [6.07, 6.45) is 0. The Hall–Kier alpha value is -2.07. The minimum Gasteiger partial charge on any atom is -0.491 e. The summed E-state index contributed by atoms with van der Waals surface area (Å²) in [5.74, 6) is 1.58. The molecule has 5 heteroatoms. The zero-order valence-electron chi connectivity index (χ0n) is 11.1. The SMILES string of the molecule is Fc1ccc2nc(CCl)n(C3COc4ccccc43)c2c1. The molecule has 0 saturated carbocycles. The third kappa shape index (κ3) is 1.90. The van der Waals surface area contributed by atoms with E-state index in [0.29, 0.717) is 6.61 Å². The predicted octanol–water partition coefficient (Wildman–Crippen LogP) is 3.90. The van der Waals surface area contributed by atoms with E-state index in [2.05, 4.69) is 4.98 Å². The molecule has 3 nitrogen and oxygen atoms in total. The summed E-state index contributed by atoms with van der Waals surface area (Å²) in [6.45, 7) is 0.505. The summed E-state index contributed by atoms with van der Waals surface area (Å²) >= 11 is 6.03. The van der Waals surface area contributed by atoms with Gasteiger partial charge in [0, 0.05) is 5.56 Å². The fraction of sp³-hybridized carbons (Fsp3) is 0.188. The normalized spacial score (nSPS) is 17.0. The summed E-state index contributed by atoms with van der Waals surface area (Å²) in [4.78, 5) is 4.50. The average molecular weight is 303 g/mol.